The second kappa shape index (κ2) is 11.5. The number of carbonyl (C=O) groups is 3. The van der Waals surface area contributed by atoms with Crippen LogP contribution in [0.5, 0.6) is 0 Å². The van der Waals surface area contributed by atoms with Gasteiger partial charge in [-0.05, 0) is 49.2 Å². The molecule has 8 heteroatoms. The van der Waals surface area contributed by atoms with Crippen molar-refractivity contribution in [3.63, 3.8) is 0 Å². The fraction of sp³-hybridized carbons (Fsp3) is 0.296. The summed E-state index contributed by atoms with van der Waals surface area (Å²) in [5, 5.41) is 17.0. The summed E-state index contributed by atoms with van der Waals surface area (Å²) >= 11 is 0. The first kappa shape index (κ1) is 25.7. The number of rotatable bonds is 8. The molecule has 1 atom stereocenters. The lowest BCUT2D eigenvalue weighted by Crippen LogP contribution is -2.47. The van der Waals surface area contributed by atoms with E-state index in [9.17, 15) is 19.5 Å². The standard InChI is InChI=1S/C27H31N3O5/c1-27(2,3)35-26(34)28-18-23(32)30(15-16-31)24(20-10-5-4-6-11-20)25(33)29-22-14-13-19-9-7-8-12-21(19)17-22/h4-14,17,24,31H,15-16,18H2,1-3H3,(H,28,34)(H,29,33). The van der Waals surface area contributed by atoms with Crippen LogP contribution in [0.25, 0.3) is 10.8 Å². The van der Waals surface area contributed by atoms with Gasteiger partial charge in [-0.15, -0.1) is 0 Å². The summed E-state index contributed by atoms with van der Waals surface area (Å²) in [5.41, 5.74) is 0.437. The lowest BCUT2D eigenvalue weighted by molar-refractivity contribution is -0.138. The zero-order valence-electron chi connectivity index (χ0n) is 20.2. The zero-order valence-corrected chi connectivity index (χ0v) is 20.2. The van der Waals surface area contributed by atoms with Gasteiger partial charge in [0.25, 0.3) is 5.91 Å². The predicted molar refractivity (Wildman–Crippen MR) is 135 cm³/mol. The largest absolute Gasteiger partial charge is 0.444 e. The first-order valence-corrected chi connectivity index (χ1v) is 11.4. The summed E-state index contributed by atoms with van der Waals surface area (Å²) in [6.45, 7) is 4.31. The lowest BCUT2D eigenvalue weighted by Gasteiger charge is -2.31. The Bertz CT molecular complexity index is 1170. The van der Waals surface area contributed by atoms with Crippen molar-refractivity contribution in [2.75, 3.05) is 25.0 Å². The van der Waals surface area contributed by atoms with Crippen molar-refractivity contribution in [1.82, 2.24) is 10.2 Å². The van der Waals surface area contributed by atoms with Crippen LogP contribution in [0.15, 0.2) is 72.8 Å². The molecule has 0 spiro atoms. The van der Waals surface area contributed by atoms with Crippen LogP contribution in [-0.4, -0.2) is 53.2 Å². The van der Waals surface area contributed by atoms with Crippen LogP contribution in [0.1, 0.15) is 32.4 Å². The van der Waals surface area contributed by atoms with Crippen molar-refractivity contribution in [2.45, 2.75) is 32.4 Å². The van der Waals surface area contributed by atoms with Gasteiger partial charge in [0.05, 0.1) is 6.61 Å². The third-order valence-electron chi connectivity index (χ3n) is 5.14. The Morgan fingerprint density at radius 1 is 0.943 bits per heavy atom. The summed E-state index contributed by atoms with van der Waals surface area (Å²) in [5.74, 6) is -0.974. The van der Waals surface area contributed by atoms with E-state index in [2.05, 4.69) is 10.6 Å². The maximum Gasteiger partial charge on any atom is 0.408 e. The Morgan fingerprint density at radius 2 is 1.60 bits per heavy atom. The van der Waals surface area contributed by atoms with Gasteiger partial charge in [0.15, 0.2) is 0 Å². The molecule has 3 amide bonds. The number of alkyl carbamates (subject to hydrolysis) is 1. The highest BCUT2D eigenvalue weighted by atomic mass is 16.6. The number of hydrogen-bond donors (Lipinski definition) is 3. The monoisotopic (exact) mass is 477 g/mol. The number of ether oxygens (including phenoxy) is 1. The molecule has 0 aliphatic heterocycles. The highest BCUT2D eigenvalue weighted by Crippen LogP contribution is 2.25. The maximum atomic E-state index is 13.5. The van der Waals surface area contributed by atoms with Crippen LogP contribution in [0.2, 0.25) is 0 Å². The molecular weight excluding hydrogens is 446 g/mol. The fourth-order valence-electron chi connectivity index (χ4n) is 3.65. The average Bonchev–Trinajstić information content (AvgIpc) is 2.82. The molecule has 0 saturated carbocycles. The number of aliphatic hydroxyl groups excluding tert-OH is 1. The van der Waals surface area contributed by atoms with Crippen molar-refractivity contribution in [3.05, 3.63) is 78.4 Å². The van der Waals surface area contributed by atoms with Gasteiger partial charge in [-0.3, -0.25) is 9.59 Å². The number of anilines is 1. The number of carbonyl (C=O) groups excluding carboxylic acids is 3. The topological polar surface area (TPSA) is 108 Å². The Labute approximate surface area is 204 Å². The predicted octanol–water partition coefficient (Wildman–Crippen LogP) is 3.87. The Balaban J connectivity index is 1.84. The number of amides is 3. The number of benzene rings is 3. The first-order chi connectivity index (χ1) is 16.7. The van der Waals surface area contributed by atoms with E-state index in [1.165, 1.54) is 4.90 Å². The highest BCUT2D eigenvalue weighted by molar-refractivity contribution is 6.00. The molecule has 0 bridgehead atoms. The van der Waals surface area contributed by atoms with Crippen molar-refractivity contribution in [3.8, 4) is 0 Å². The van der Waals surface area contributed by atoms with E-state index in [4.69, 9.17) is 4.74 Å². The molecule has 0 saturated heterocycles. The third-order valence-corrected chi connectivity index (χ3v) is 5.14. The summed E-state index contributed by atoms with van der Waals surface area (Å²) in [4.78, 5) is 39.9. The summed E-state index contributed by atoms with van der Waals surface area (Å²) in [7, 11) is 0. The molecule has 0 fully saturated rings. The van der Waals surface area contributed by atoms with Crippen molar-refractivity contribution in [2.24, 2.45) is 0 Å². The number of hydrogen-bond acceptors (Lipinski definition) is 5. The zero-order chi connectivity index (χ0) is 25.4. The van der Waals surface area contributed by atoms with E-state index in [0.29, 0.717) is 11.3 Å². The van der Waals surface area contributed by atoms with Gasteiger partial charge in [0, 0.05) is 12.2 Å². The van der Waals surface area contributed by atoms with Gasteiger partial charge in [-0.2, -0.15) is 0 Å². The summed E-state index contributed by atoms with van der Waals surface area (Å²) in [6.07, 6.45) is -0.744. The average molecular weight is 478 g/mol. The SMILES string of the molecule is CC(C)(C)OC(=O)NCC(=O)N(CCO)C(C(=O)Nc1ccc2ccccc2c1)c1ccccc1. The molecule has 3 rings (SSSR count). The summed E-state index contributed by atoms with van der Waals surface area (Å²) < 4.78 is 5.19. The van der Waals surface area contributed by atoms with Gasteiger partial charge < -0.3 is 25.4 Å². The second-order valence-corrected chi connectivity index (χ2v) is 9.03. The van der Waals surface area contributed by atoms with Crippen molar-refractivity contribution in [1.29, 1.82) is 0 Å². The smallest absolute Gasteiger partial charge is 0.408 e. The second-order valence-electron chi connectivity index (χ2n) is 9.03. The molecule has 0 aliphatic carbocycles. The van der Waals surface area contributed by atoms with Crippen LogP contribution in [0.4, 0.5) is 10.5 Å². The molecule has 0 heterocycles. The van der Waals surface area contributed by atoms with E-state index < -0.39 is 29.6 Å². The fourth-order valence-corrected chi connectivity index (χ4v) is 3.65. The van der Waals surface area contributed by atoms with E-state index >= 15 is 0 Å². The molecule has 0 aliphatic rings. The lowest BCUT2D eigenvalue weighted by atomic mass is 10.0. The maximum absolute atomic E-state index is 13.5. The van der Waals surface area contributed by atoms with Gasteiger partial charge in [0.1, 0.15) is 18.2 Å². The Morgan fingerprint density at radius 3 is 2.26 bits per heavy atom. The van der Waals surface area contributed by atoms with Crippen molar-refractivity contribution >= 4 is 34.4 Å². The minimum absolute atomic E-state index is 0.0977. The van der Waals surface area contributed by atoms with Crippen LogP contribution in [-0.2, 0) is 14.3 Å². The minimum atomic E-state index is -1.03. The van der Waals surface area contributed by atoms with Gasteiger partial charge in [-0.1, -0.05) is 60.7 Å². The van der Waals surface area contributed by atoms with Crippen molar-refractivity contribution < 1.29 is 24.2 Å². The minimum Gasteiger partial charge on any atom is -0.444 e. The number of nitrogens with one attached hydrogen (secondary N) is 2. The molecule has 184 valence electrons. The third kappa shape index (κ3) is 7.28. The molecule has 0 radical (unpaired) electrons. The van der Waals surface area contributed by atoms with E-state index in [0.717, 1.165) is 10.8 Å². The van der Waals surface area contributed by atoms with Gasteiger partial charge in [0.2, 0.25) is 5.91 Å². The van der Waals surface area contributed by atoms with E-state index in [1.807, 2.05) is 42.5 Å². The summed E-state index contributed by atoms with van der Waals surface area (Å²) in [6, 6.07) is 21.1. The van der Waals surface area contributed by atoms with Crippen LogP contribution in [0, 0.1) is 0 Å². The molecule has 0 aromatic heterocycles. The molecule has 1 unspecified atom stereocenters. The molecule has 8 nitrogen and oxygen atoms in total. The Hall–Kier alpha value is -3.91. The van der Waals surface area contributed by atoms with E-state index in [-0.39, 0.29) is 19.7 Å². The molecule has 35 heavy (non-hydrogen) atoms. The van der Waals surface area contributed by atoms with E-state index in [1.54, 1.807) is 51.1 Å². The first-order valence-electron chi connectivity index (χ1n) is 11.4. The number of nitrogens with zero attached hydrogens (tertiary/aromatic N) is 1. The highest BCUT2D eigenvalue weighted by Gasteiger charge is 2.31. The van der Waals surface area contributed by atoms with Crippen LogP contribution in [0.3, 0.4) is 0 Å². The van der Waals surface area contributed by atoms with Crippen LogP contribution >= 0.6 is 0 Å². The number of fused-ring (bicyclic) bond motifs is 1. The molecular formula is C27H31N3O5. The molecule has 3 N–H and O–H groups in total. The quantitative estimate of drug-likeness (QED) is 0.457. The van der Waals surface area contributed by atoms with Gasteiger partial charge in [-0.25, -0.2) is 4.79 Å². The molecule has 3 aromatic rings. The molecule has 3 aromatic carbocycles. The van der Waals surface area contributed by atoms with Gasteiger partial charge >= 0.3 is 6.09 Å². The number of aliphatic hydroxyl groups is 1. The normalized spacial score (nSPS) is 12.0. The van der Waals surface area contributed by atoms with Crippen LogP contribution < -0.4 is 10.6 Å². The Kier molecular flexibility index (Phi) is 8.43.